The Morgan fingerprint density at radius 2 is 1.81 bits per heavy atom. The number of hydrogen-bond donors (Lipinski definition) is 2. The molecule has 0 saturated carbocycles. The number of halogens is 1. The molecule has 4 heteroatoms. The van der Waals surface area contributed by atoms with Gasteiger partial charge in [-0.2, -0.15) is 0 Å². The van der Waals surface area contributed by atoms with Crippen LogP contribution in [0.4, 0.5) is 0 Å². The van der Waals surface area contributed by atoms with Gasteiger partial charge in [-0.25, -0.2) is 0 Å². The van der Waals surface area contributed by atoms with Crippen molar-refractivity contribution < 1.29 is 4.79 Å². The lowest BCUT2D eigenvalue weighted by Crippen LogP contribution is -2.37. The summed E-state index contributed by atoms with van der Waals surface area (Å²) in [6, 6.07) is 14.5. The second kappa shape index (κ2) is 7.43. The molecule has 3 rings (SSSR count). The fourth-order valence-electron chi connectivity index (χ4n) is 2.86. The number of nitrogens with one attached hydrogen (secondary N) is 2. The van der Waals surface area contributed by atoms with Gasteiger partial charge in [0.1, 0.15) is 0 Å². The molecule has 2 aromatic rings. The minimum atomic E-state index is 0. The molecule has 1 amide bonds. The maximum absolute atomic E-state index is 12.2. The van der Waals surface area contributed by atoms with Crippen molar-refractivity contribution in [2.75, 3.05) is 13.1 Å². The van der Waals surface area contributed by atoms with Crippen LogP contribution in [-0.2, 0) is 11.3 Å². The zero-order valence-electron chi connectivity index (χ0n) is 12.0. The summed E-state index contributed by atoms with van der Waals surface area (Å²) in [5, 5.41) is 8.83. The van der Waals surface area contributed by atoms with Crippen molar-refractivity contribution in [1.82, 2.24) is 10.6 Å². The summed E-state index contributed by atoms with van der Waals surface area (Å²) in [5.74, 6) is 0.366. The van der Waals surface area contributed by atoms with E-state index in [9.17, 15) is 4.79 Å². The van der Waals surface area contributed by atoms with Gasteiger partial charge in [0.05, 0.1) is 0 Å². The molecule has 2 aromatic carbocycles. The third kappa shape index (κ3) is 3.74. The number of carbonyl (C=O) groups is 1. The first-order chi connectivity index (χ1) is 9.84. The SMILES string of the molecule is Cl.O=C(NCc1cccc2ccccc12)C1CCNCC1. The number of fused-ring (bicyclic) bond motifs is 1. The molecule has 3 nitrogen and oxygen atoms in total. The van der Waals surface area contributed by atoms with Gasteiger partial charge in [-0.15, -0.1) is 12.4 Å². The van der Waals surface area contributed by atoms with Gasteiger partial charge in [-0.05, 0) is 42.3 Å². The topological polar surface area (TPSA) is 41.1 Å². The standard InChI is InChI=1S/C17H20N2O.ClH/c20-17(14-8-10-18-11-9-14)19-12-15-6-3-5-13-4-1-2-7-16(13)15;/h1-7,14,18H,8-12H2,(H,19,20);1H. The summed E-state index contributed by atoms with van der Waals surface area (Å²) in [7, 11) is 0. The third-order valence-corrected chi connectivity index (χ3v) is 4.04. The van der Waals surface area contributed by atoms with Crippen LogP contribution in [0.3, 0.4) is 0 Å². The Morgan fingerprint density at radius 3 is 2.62 bits per heavy atom. The summed E-state index contributed by atoms with van der Waals surface area (Å²) >= 11 is 0. The van der Waals surface area contributed by atoms with Crippen LogP contribution in [0, 0.1) is 5.92 Å². The lowest BCUT2D eigenvalue weighted by Gasteiger charge is -2.21. The van der Waals surface area contributed by atoms with Crippen LogP contribution in [0.1, 0.15) is 18.4 Å². The first-order valence-electron chi connectivity index (χ1n) is 7.29. The molecular weight excluding hydrogens is 284 g/mol. The van der Waals surface area contributed by atoms with Gasteiger partial charge in [-0.3, -0.25) is 4.79 Å². The molecule has 0 bridgehead atoms. The maximum Gasteiger partial charge on any atom is 0.223 e. The van der Waals surface area contributed by atoms with Crippen LogP contribution in [-0.4, -0.2) is 19.0 Å². The van der Waals surface area contributed by atoms with Crippen molar-refractivity contribution in [1.29, 1.82) is 0 Å². The average Bonchev–Trinajstić information content (AvgIpc) is 2.53. The fraction of sp³-hybridized carbons (Fsp3) is 0.353. The van der Waals surface area contributed by atoms with Gasteiger partial charge in [-0.1, -0.05) is 42.5 Å². The van der Waals surface area contributed by atoms with Crippen LogP contribution in [0.25, 0.3) is 10.8 Å². The molecule has 1 aliphatic rings. The van der Waals surface area contributed by atoms with Crippen molar-refractivity contribution in [3.05, 3.63) is 48.0 Å². The highest BCUT2D eigenvalue weighted by molar-refractivity contribution is 5.86. The highest BCUT2D eigenvalue weighted by atomic mass is 35.5. The predicted molar refractivity (Wildman–Crippen MR) is 88.6 cm³/mol. The highest BCUT2D eigenvalue weighted by Crippen LogP contribution is 2.18. The Balaban J connectivity index is 0.00000161. The van der Waals surface area contributed by atoms with Gasteiger partial charge in [0.15, 0.2) is 0 Å². The molecule has 0 unspecified atom stereocenters. The molecular formula is C17H21ClN2O. The number of rotatable bonds is 3. The van der Waals surface area contributed by atoms with E-state index in [1.165, 1.54) is 16.3 Å². The van der Waals surface area contributed by atoms with E-state index in [1.807, 2.05) is 18.2 Å². The van der Waals surface area contributed by atoms with Gasteiger partial charge in [0, 0.05) is 12.5 Å². The lowest BCUT2D eigenvalue weighted by atomic mass is 9.97. The first kappa shape index (κ1) is 15.8. The van der Waals surface area contributed by atoms with E-state index in [4.69, 9.17) is 0 Å². The molecule has 2 N–H and O–H groups in total. The van der Waals surface area contributed by atoms with Crippen molar-refractivity contribution in [3.8, 4) is 0 Å². The van der Waals surface area contributed by atoms with E-state index in [-0.39, 0.29) is 24.2 Å². The van der Waals surface area contributed by atoms with Gasteiger partial charge >= 0.3 is 0 Å². The summed E-state index contributed by atoms with van der Waals surface area (Å²) in [5.41, 5.74) is 1.19. The Bertz CT molecular complexity index is 603. The van der Waals surface area contributed by atoms with Gasteiger partial charge in [0.2, 0.25) is 5.91 Å². The Morgan fingerprint density at radius 1 is 1.10 bits per heavy atom. The molecule has 1 aliphatic heterocycles. The van der Waals surface area contributed by atoms with E-state index >= 15 is 0 Å². The molecule has 1 saturated heterocycles. The molecule has 1 fully saturated rings. The average molecular weight is 305 g/mol. The Labute approximate surface area is 131 Å². The number of amides is 1. The minimum absolute atomic E-state index is 0. The summed E-state index contributed by atoms with van der Waals surface area (Å²) in [6.45, 7) is 2.52. The molecule has 0 aromatic heterocycles. The van der Waals surface area contributed by atoms with E-state index in [0.29, 0.717) is 6.54 Å². The minimum Gasteiger partial charge on any atom is -0.352 e. The number of hydrogen-bond acceptors (Lipinski definition) is 2. The van der Waals surface area contributed by atoms with Crippen molar-refractivity contribution >= 4 is 29.1 Å². The highest BCUT2D eigenvalue weighted by Gasteiger charge is 2.20. The smallest absolute Gasteiger partial charge is 0.223 e. The quantitative estimate of drug-likeness (QED) is 0.915. The zero-order chi connectivity index (χ0) is 13.8. The van der Waals surface area contributed by atoms with Crippen LogP contribution in [0.15, 0.2) is 42.5 Å². The van der Waals surface area contributed by atoms with Crippen molar-refractivity contribution in [2.24, 2.45) is 5.92 Å². The van der Waals surface area contributed by atoms with Gasteiger partial charge < -0.3 is 10.6 Å². The number of carbonyl (C=O) groups excluding carboxylic acids is 1. The lowest BCUT2D eigenvalue weighted by molar-refractivity contribution is -0.125. The maximum atomic E-state index is 12.2. The molecule has 0 radical (unpaired) electrons. The van der Waals surface area contributed by atoms with E-state index in [1.54, 1.807) is 0 Å². The third-order valence-electron chi connectivity index (χ3n) is 4.04. The molecule has 112 valence electrons. The van der Waals surface area contributed by atoms with Crippen LogP contribution >= 0.6 is 12.4 Å². The number of piperidine rings is 1. The molecule has 21 heavy (non-hydrogen) atoms. The van der Waals surface area contributed by atoms with Crippen LogP contribution in [0.5, 0.6) is 0 Å². The second-order valence-corrected chi connectivity index (χ2v) is 5.38. The summed E-state index contributed by atoms with van der Waals surface area (Å²) < 4.78 is 0. The second-order valence-electron chi connectivity index (χ2n) is 5.38. The zero-order valence-corrected chi connectivity index (χ0v) is 12.8. The van der Waals surface area contributed by atoms with Crippen molar-refractivity contribution in [3.63, 3.8) is 0 Å². The van der Waals surface area contributed by atoms with E-state index in [0.717, 1.165) is 25.9 Å². The largest absolute Gasteiger partial charge is 0.352 e. The molecule has 1 heterocycles. The molecule has 0 spiro atoms. The summed E-state index contributed by atoms with van der Waals surface area (Å²) in [4.78, 5) is 12.2. The van der Waals surface area contributed by atoms with Crippen molar-refractivity contribution in [2.45, 2.75) is 19.4 Å². The predicted octanol–water partition coefficient (Wildman–Crippen LogP) is 2.88. The normalized spacial score (nSPS) is 15.4. The summed E-state index contributed by atoms with van der Waals surface area (Å²) in [6.07, 6.45) is 1.89. The Hall–Kier alpha value is -1.58. The van der Waals surface area contributed by atoms with Crippen LogP contribution in [0.2, 0.25) is 0 Å². The Kier molecular flexibility index (Phi) is 5.59. The van der Waals surface area contributed by atoms with Gasteiger partial charge in [0.25, 0.3) is 0 Å². The molecule has 0 atom stereocenters. The molecule has 0 aliphatic carbocycles. The fourth-order valence-corrected chi connectivity index (χ4v) is 2.86. The van der Waals surface area contributed by atoms with E-state index in [2.05, 4.69) is 34.9 Å². The first-order valence-corrected chi connectivity index (χ1v) is 7.29. The van der Waals surface area contributed by atoms with Crippen LogP contribution < -0.4 is 10.6 Å². The van der Waals surface area contributed by atoms with E-state index < -0.39 is 0 Å². The number of benzene rings is 2. The monoisotopic (exact) mass is 304 g/mol.